The van der Waals surface area contributed by atoms with Crippen molar-refractivity contribution in [3.05, 3.63) is 0 Å². The molecule has 0 rings (SSSR count). The average Bonchev–Trinajstić information content (AvgIpc) is 2.26. The molecule has 0 radical (unpaired) electrons. The number of hydrogen-bond acceptors (Lipinski definition) is 5. The first kappa shape index (κ1) is 15.9. The average molecular weight is 266 g/mol. The third-order valence-electron chi connectivity index (χ3n) is 1.87. The van der Waals surface area contributed by atoms with E-state index in [4.69, 9.17) is 0 Å². The van der Waals surface area contributed by atoms with E-state index in [1.54, 1.807) is 6.92 Å². The quantitative estimate of drug-likeness (QED) is 0.548. The third-order valence-corrected chi connectivity index (χ3v) is 3.23. The van der Waals surface area contributed by atoms with Gasteiger partial charge < -0.3 is 10.1 Å². The van der Waals surface area contributed by atoms with Crippen molar-refractivity contribution in [1.82, 2.24) is 10.0 Å². The van der Waals surface area contributed by atoms with E-state index in [1.807, 2.05) is 0 Å². The zero-order chi connectivity index (χ0) is 13.3. The summed E-state index contributed by atoms with van der Waals surface area (Å²) in [5, 5.41) is 2.40. The zero-order valence-electron chi connectivity index (χ0n) is 9.99. The van der Waals surface area contributed by atoms with Gasteiger partial charge in [0.25, 0.3) is 0 Å². The number of rotatable bonds is 8. The summed E-state index contributed by atoms with van der Waals surface area (Å²) >= 11 is 0. The van der Waals surface area contributed by atoms with Crippen LogP contribution < -0.4 is 10.0 Å². The van der Waals surface area contributed by atoms with Crippen molar-refractivity contribution in [3.8, 4) is 0 Å². The van der Waals surface area contributed by atoms with Crippen molar-refractivity contribution in [1.29, 1.82) is 0 Å². The van der Waals surface area contributed by atoms with Gasteiger partial charge >= 0.3 is 5.97 Å². The summed E-state index contributed by atoms with van der Waals surface area (Å²) in [6, 6.07) is 0. The number of carbonyl (C=O) groups excluding carboxylic acids is 2. The largest absolute Gasteiger partial charge is 0.466 e. The van der Waals surface area contributed by atoms with Crippen LogP contribution in [0.25, 0.3) is 0 Å². The van der Waals surface area contributed by atoms with E-state index in [0.29, 0.717) is 0 Å². The molecule has 2 N–H and O–H groups in total. The summed E-state index contributed by atoms with van der Waals surface area (Å²) in [5.41, 5.74) is 0. The highest BCUT2D eigenvalue weighted by atomic mass is 32.2. The molecule has 17 heavy (non-hydrogen) atoms. The van der Waals surface area contributed by atoms with Gasteiger partial charge in [-0.1, -0.05) is 0 Å². The molecular weight excluding hydrogens is 248 g/mol. The molecule has 0 aliphatic heterocycles. The Morgan fingerprint density at radius 3 is 2.41 bits per heavy atom. The minimum Gasteiger partial charge on any atom is -0.466 e. The molecule has 0 fully saturated rings. The number of amides is 1. The van der Waals surface area contributed by atoms with E-state index in [9.17, 15) is 18.0 Å². The van der Waals surface area contributed by atoms with Gasteiger partial charge in [-0.15, -0.1) is 0 Å². The van der Waals surface area contributed by atoms with Crippen molar-refractivity contribution in [2.24, 2.45) is 0 Å². The Bertz CT molecular complexity index is 352. The van der Waals surface area contributed by atoms with Crippen molar-refractivity contribution in [2.75, 3.05) is 26.0 Å². The molecule has 0 aliphatic rings. The van der Waals surface area contributed by atoms with E-state index < -0.39 is 16.0 Å². The summed E-state index contributed by atoms with van der Waals surface area (Å²) in [6.07, 6.45) is -0.00309. The van der Waals surface area contributed by atoms with Crippen LogP contribution in [-0.4, -0.2) is 46.2 Å². The van der Waals surface area contributed by atoms with Gasteiger partial charge in [-0.25, -0.2) is 13.1 Å². The first-order valence-electron chi connectivity index (χ1n) is 5.24. The first-order chi connectivity index (χ1) is 7.91. The molecule has 0 spiro atoms. The van der Waals surface area contributed by atoms with Crippen LogP contribution in [0.15, 0.2) is 0 Å². The lowest BCUT2D eigenvalue weighted by Gasteiger charge is -2.05. The van der Waals surface area contributed by atoms with Crippen LogP contribution in [0.2, 0.25) is 0 Å². The number of carbonyl (C=O) groups is 2. The predicted molar refractivity (Wildman–Crippen MR) is 61.7 cm³/mol. The highest BCUT2D eigenvalue weighted by Crippen LogP contribution is 1.92. The minimum atomic E-state index is -3.31. The second-order valence-corrected chi connectivity index (χ2v) is 5.22. The molecule has 1 amide bonds. The smallest absolute Gasteiger partial charge is 0.306 e. The lowest BCUT2D eigenvalue weighted by atomic mass is 10.3. The molecule has 8 heteroatoms. The lowest BCUT2D eigenvalue weighted by molar-refractivity contribution is -0.144. The van der Waals surface area contributed by atoms with Gasteiger partial charge in [-0.05, 0) is 14.0 Å². The second-order valence-electron chi connectivity index (χ2n) is 3.18. The van der Waals surface area contributed by atoms with Gasteiger partial charge in [0.15, 0.2) is 0 Å². The van der Waals surface area contributed by atoms with Crippen molar-refractivity contribution in [3.63, 3.8) is 0 Å². The monoisotopic (exact) mass is 266 g/mol. The number of sulfonamides is 1. The van der Waals surface area contributed by atoms with Gasteiger partial charge in [0, 0.05) is 13.0 Å². The first-order valence-corrected chi connectivity index (χ1v) is 6.90. The summed E-state index contributed by atoms with van der Waals surface area (Å²) in [6.45, 7) is 1.98. The number of ether oxygens (including phenoxy) is 1. The molecular formula is C9H18N2O5S. The molecule has 0 unspecified atom stereocenters. The minimum absolute atomic E-state index is 0.00154. The van der Waals surface area contributed by atoms with Gasteiger partial charge in [-0.2, -0.15) is 0 Å². The van der Waals surface area contributed by atoms with Crippen LogP contribution in [0.3, 0.4) is 0 Å². The summed E-state index contributed by atoms with van der Waals surface area (Å²) in [7, 11) is -2.01. The molecule has 0 saturated carbocycles. The van der Waals surface area contributed by atoms with Crippen LogP contribution in [0.1, 0.15) is 19.8 Å². The maximum absolute atomic E-state index is 11.2. The number of hydrogen-bond donors (Lipinski definition) is 2. The molecule has 0 saturated heterocycles. The van der Waals surface area contributed by atoms with E-state index in [0.717, 1.165) is 0 Å². The standard InChI is InChI=1S/C9H18N2O5S/c1-3-16-9(13)5-4-8(12)11-6-7-17(14,15)10-2/h10H,3-7H2,1-2H3,(H,11,12). The Morgan fingerprint density at radius 1 is 1.24 bits per heavy atom. The molecule has 0 bridgehead atoms. The fourth-order valence-corrected chi connectivity index (χ4v) is 1.54. The normalized spacial score (nSPS) is 10.9. The Hall–Kier alpha value is -1.15. The molecule has 0 aromatic carbocycles. The van der Waals surface area contributed by atoms with E-state index in [1.165, 1.54) is 7.05 Å². The third kappa shape index (κ3) is 8.64. The fourth-order valence-electron chi connectivity index (χ4n) is 0.964. The maximum Gasteiger partial charge on any atom is 0.306 e. The topological polar surface area (TPSA) is 102 Å². The highest BCUT2D eigenvalue weighted by molar-refractivity contribution is 7.89. The summed E-state index contributed by atoms with van der Waals surface area (Å²) < 4.78 is 28.8. The molecule has 100 valence electrons. The lowest BCUT2D eigenvalue weighted by Crippen LogP contribution is -2.33. The summed E-state index contributed by atoms with van der Waals surface area (Å²) in [4.78, 5) is 22.1. The molecule has 0 heterocycles. The molecule has 0 aromatic rings. The van der Waals surface area contributed by atoms with Gasteiger partial charge in [0.1, 0.15) is 0 Å². The number of nitrogens with one attached hydrogen (secondary N) is 2. The summed E-state index contributed by atoms with van der Waals surface area (Å²) in [5.74, 6) is -0.996. The Labute approximate surface area is 101 Å². The van der Waals surface area contributed by atoms with Gasteiger partial charge in [0.2, 0.25) is 15.9 Å². The highest BCUT2D eigenvalue weighted by Gasteiger charge is 2.09. The van der Waals surface area contributed by atoms with E-state index in [-0.39, 0.29) is 37.7 Å². The molecule has 7 nitrogen and oxygen atoms in total. The Kier molecular flexibility index (Phi) is 7.47. The van der Waals surface area contributed by atoms with E-state index in [2.05, 4.69) is 14.8 Å². The van der Waals surface area contributed by atoms with Crippen LogP contribution in [0, 0.1) is 0 Å². The van der Waals surface area contributed by atoms with Crippen LogP contribution >= 0.6 is 0 Å². The fraction of sp³-hybridized carbons (Fsp3) is 0.778. The predicted octanol–water partition coefficient (Wildman–Crippen LogP) is -1.00. The van der Waals surface area contributed by atoms with Crippen molar-refractivity contribution >= 4 is 21.9 Å². The SMILES string of the molecule is CCOC(=O)CCC(=O)NCCS(=O)(=O)NC. The van der Waals surface area contributed by atoms with Crippen LogP contribution in [0.4, 0.5) is 0 Å². The molecule has 0 aromatic heterocycles. The molecule has 0 aliphatic carbocycles. The van der Waals surface area contributed by atoms with Gasteiger partial charge in [0.05, 0.1) is 18.8 Å². The second kappa shape index (κ2) is 8.02. The maximum atomic E-state index is 11.2. The Morgan fingerprint density at radius 2 is 1.88 bits per heavy atom. The molecule has 0 atom stereocenters. The van der Waals surface area contributed by atoms with Gasteiger partial charge in [-0.3, -0.25) is 9.59 Å². The van der Waals surface area contributed by atoms with E-state index >= 15 is 0 Å². The Balaban J connectivity index is 3.71. The van der Waals surface area contributed by atoms with Crippen molar-refractivity contribution in [2.45, 2.75) is 19.8 Å². The van der Waals surface area contributed by atoms with Crippen LogP contribution in [-0.2, 0) is 24.3 Å². The number of esters is 1. The van der Waals surface area contributed by atoms with Crippen molar-refractivity contribution < 1.29 is 22.7 Å². The van der Waals surface area contributed by atoms with Crippen LogP contribution in [0.5, 0.6) is 0 Å². The zero-order valence-corrected chi connectivity index (χ0v) is 10.8.